The van der Waals surface area contributed by atoms with Crippen LogP contribution in [-0.2, 0) is 0 Å². The second-order valence-electron chi connectivity index (χ2n) is 2.55. The average molecular weight is 191 g/mol. The fraction of sp³-hybridized carbons (Fsp3) is 0. The highest BCUT2D eigenvalue weighted by molar-refractivity contribution is 5.90. The molecule has 0 spiro atoms. The summed E-state index contributed by atoms with van der Waals surface area (Å²) in [5.41, 5.74) is 0.0863. The molecule has 6 heteroatoms. The van der Waals surface area contributed by atoms with Crippen LogP contribution in [0.5, 0.6) is 5.88 Å². The summed E-state index contributed by atoms with van der Waals surface area (Å²) in [6.45, 7) is 0. The molecule has 0 aromatic carbocycles. The number of fused-ring (bicyclic) bond motifs is 1. The van der Waals surface area contributed by atoms with Gasteiger partial charge in [-0.2, -0.15) is 4.98 Å². The van der Waals surface area contributed by atoms with E-state index in [-0.39, 0.29) is 5.65 Å². The van der Waals surface area contributed by atoms with E-state index in [0.29, 0.717) is 5.52 Å². The van der Waals surface area contributed by atoms with Crippen LogP contribution in [0.15, 0.2) is 18.3 Å². The number of aromatic nitrogens is 3. The first kappa shape index (κ1) is 8.36. The summed E-state index contributed by atoms with van der Waals surface area (Å²) in [6, 6.07) is 3.18. The van der Waals surface area contributed by atoms with Gasteiger partial charge in [0.05, 0.1) is 0 Å². The van der Waals surface area contributed by atoms with Crippen molar-refractivity contribution < 1.29 is 15.0 Å². The number of carbonyl (C=O) groups is 1. The Hall–Kier alpha value is -2.24. The molecular weight excluding hydrogens is 186 g/mol. The summed E-state index contributed by atoms with van der Waals surface area (Å²) >= 11 is 0. The van der Waals surface area contributed by atoms with Crippen molar-refractivity contribution in [2.45, 2.75) is 0 Å². The number of carboxylic acid groups (broad SMARTS) is 1. The molecule has 0 fully saturated rings. The van der Waals surface area contributed by atoms with E-state index in [4.69, 9.17) is 5.11 Å². The van der Waals surface area contributed by atoms with Crippen LogP contribution in [0.1, 0.15) is 10.5 Å². The van der Waals surface area contributed by atoms with Gasteiger partial charge in [-0.15, -0.1) is 0 Å². The van der Waals surface area contributed by atoms with E-state index in [1.54, 1.807) is 12.1 Å². The minimum absolute atomic E-state index is 0.218. The van der Waals surface area contributed by atoms with E-state index in [0.717, 1.165) is 0 Å². The zero-order valence-electron chi connectivity index (χ0n) is 6.88. The molecule has 0 saturated carbocycles. The number of aromatic hydroxyl groups is 1. The fourth-order valence-corrected chi connectivity index (χ4v) is 1.03. The number of aromatic carboxylic acids is 1. The molecule has 0 saturated heterocycles. The Morgan fingerprint density at radius 1 is 1.36 bits per heavy atom. The third-order valence-electron chi connectivity index (χ3n) is 1.62. The van der Waals surface area contributed by atoms with Gasteiger partial charge in [-0.1, -0.05) is 0 Å². The summed E-state index contributed by atoms with van der Waals surface area (Å²) in [6.07, 6.45) is 1.48. The van der Waals surface area contributed by atoms with Gasteiger partial charge in [-0.05, 0) is 12.1 Å². The van der Waals surface area contributed by atoms with Crippen molar-refractivity contribution in [3.63, 3.8) is 0 Å². The summed E-state index contributed by atoms with van der Waals surface area (Å²) in [5, 5.41) is 17.8. The first-order valence-electron chi connectivity index (χ1n) is 3.73. The smallest absolute Gasteiger partial charge is 0.360 e. The summed E-state index contributed by atoms with van der Waals surface area (Å²) in [5.74, 6) is -1.94. The van der Waals surface area contributed by atoms with Gasteiger partial charge in [0.2, 0.25) is 11.6 Å². The Morgan fingerprint density at radius 2 is 2.14 bits per heavy atom. The van der Waals surface area contributed by atoms with Gasteiger partial charge in [-0.25, -0.2) is 14.8 Å². The van der Waals surface area contributed by atoms with E-state index < -0.39 is 17.5 Å². The average Bonchev–Trinajstić information content (AvgIpc) is 2.16. The van der Waals surface area contributed by atoms with Crippen molar-refractivity contribution in [2.75, 3.05) is 0 Å². The molecule has 70 valence electrons. The molecule has 0 unspecified atom stereocenters. The fourth-order valence-electron chi connectivity index (χ4n) is 1.03. The molecule has 2 aromatic rings. The van der Waals surface area contributed by atoms with Crippen molar-refractivity contribution in [3.05, 3.63) is 24.0 Å². The molecule has 0 aliphatic rings. The maximum absolute atomic E-state index is 10.6. The number of pyridine rings is 1. The number of carboxylic acids is 1. The molecule has 0 bridgehead atoms. The van der Waals surface area contributed by atoms with Gasteiger partial charge >= 0.3 is 5.97 Å². The molecule has 2 N–H and O–H groups in total. The van der Waals surface area contributed by atoms with Crippen LogP contribution in [0.3, 0.4) is 0 Å². The second kappa shape index (κ2) is 2.91. The van der Waals surface area contributed by atoms with Gasteiger partial charge in [0.25, 0.3) is 0 Å². The standard InChI is InChI=1S/C8H5N3O3/c12-7-5(8(13)14)10-4-2-1-3-9-6(4)11-7/h1-3H,(H,13,14)(H,9,11,12). The molecule has 0 radical (unpaired) electrons. The lowest BCUT2D eigenvalue weighted by molar-refractivity contribution is 0.0686. The number of hydrogen-bond acceptors (Lipinski definition) is 5. The lowest BCUT2D eigenvalue weighted by atomic mass is 10.3. The highest BCUT2D eigenvalue weighted by atomic mass is 16.4. The zero-order valence-corrected chi connectivity index (χ0v) is 6.88. The summed E-state index contributed by atoms with van der Waals surface area (Å²) < 4.78 is 0. The molecule has 6 nitrogen and oxygen atoms in total. The third-order valence-corrected chi connectivity index (χ3v) is 1.62. The predicted molar refractivity (Wildman–Crippen MR) is 46.0 cm³/mol. The van der Waals surface area contributed by atoms with Crippen LogP contribution in [0.4, 0.5) is 0 Å². The minimum atomic E-state index is -1.32. The lowest BCUT2D eigenvalue weighted by Crippen LogP contribution is -2.03. The van der Waals surface area contributed by atoms with Crippen LogP contribution in [0, 0.1) is 0 Å². The van der Waals surface area contributed by atoms with E-state index >= 15 is 0 Å². The van der Waals surface area contributed by atoms with E-state index in [9.17, 15) is 9.90 Å². The van der Waals surface area contributed by atoms with Crippen molar-refractivity contribution in [1.29, 1.82) is 0 Å². The van der Waals surface area contributed by atoms with Crippen molar-refractivity contribution >= 4 is 17.1 Å². The van der Waals surface area contributed by atoms with Gasteiger partial charge in [0.15, 0.2) is 5.65 Å². The molecule has 2 heterocycles. The van der Waals surface area contributed by atoms with Gasteiger partial charge < -0.3 is 10.2 Å². The number of hydrogen-bond donors (Lipinski definition) is 2. The Bertz CT molecular complexity index is 512. The Labute approximate surface area is 77.9 Å². The van der Waals surface area contributed by atoms with Crippen LogP contribution >= 0.6 is 0 Å². The zero-order chi connectivity index (χ0) is 10.1. The highest BCUT2D eigenvalue weighted by Gasteiger charge is 2.14. The molecule has 2 rings (SSSR count). The molecule has 14 heavy (non-hydrogen) atoms. The van der Waals surface area contributed by atoms with E-state index in [2.05, 4.69) is 15.0 Å². The predicted octanol–water partition coefficient (Wildman–Crippen LogP) is 0.429. The third kappa shape index (κ3) is 1.22. The quantitative estimate of drug-likeness (QED) is 0.678. The van der Waals surface area contributed by atoms with E-state index in [1.807, 2.05) is 0 Å². The van der Waals surface area contributed by atoms with Crippen molar-refractivity contribution in [1.82, 2.24) is 15.0 Å². The maximum Gasteiger partial charge on any atom is 0.360 e. The van der Waals surface area contributed by atoms with Crippen molar-refractivity contribution in [2.24, 2.45) is 0 Å². The number of rotatable bonds is 1. The Morgan fingerprint density at radius 3 is 2.86 bits per heavy atom. The highest BCUT2D eigenvalue weighted by Crippen LogP contribution is 2.15. The van der Waals surface area contributed by atoms with Crippen LogP contribution in [0.2, 0.25) is 0 Å². The van der Waals surface area contributed by atoms with Gasteiger partial charge in [0.1, 0.15) is 5.52 Å². The Balaban J connectivity index is 2.77. The maximum atomic E-state index is 10.6. The molecule has 0 atom stereocenters. The molecule has 2 aromatic heterocycles. The van der Waals surface area contributed by atoms with Gasteiger partial charge in [0, 0.05) is 6.20 Å². The van der Waals surface area contributed by atoms with Crippen LogP contribution < -0.4 is 0 Å². The minimum Gasteiger partial charge on any atom is -0.491 e. The number of nitrogens with zero attached hydrogens (tertiary/aromatic N) is 3. The molecular formula is C8H5N3O3. The van der Waals surface area contributed by atoms with Crippen LogP contribution in [-0.4, -0.2) is 31.1 Å². The topological polar surface area (TPSA) is 96.2 Å². The van der Waals surface area contributed by atoms with Crippen LogP contribution in [0.25, 0.3) is 11.2 Å². The first-order chi connectivity index (χ1) is 6.68. The summed E-state index contributed by atoms with van der Waals surface area (Å²) in [7, 11) is 0. The van der Waals surface area contributed by atoms with Crippen molar-refractivity contribution in [3.8, 4) is 5.88 Å². The summed E-state index contributed by atoms with van der Waals surface area (Å²) in [4.78, 5) is 21.7. The second-order valence-corrected chi connectivity index (χ2v) is 2.55. The largest absolute Gasteiger partial charge is 0.491 e. The first-order valence-corrected chi connectivity index (χ1v) is 3.73. The lowest BCUT2D eigenvalue weighted by Gasteiger charge is -1.99. The van der Waals surface area contributed by atoms with Gasteiger partial charge in [-0.3, -0.25) is 0 Å². The normalized spacial score (nSPS) is 10.3. The van der Waals surface area contributed by atoms with E-state index in [1.165, 1.54) is 6.20 Å². The monoisotopic (exact) mass is 191 g/mol. The molecule has 0 aliphatic carbocycles. The Kier molecular flexibility index (Phi) is 1.74. The SMILES string of the molecule is O=C(O)c1nc2cccnc2nc1O. The molecule has 0 aliphatic heterocycles. The molecule has 0 amide bonds.